The first-order valence-electron chi connectivity index (χ1n) is 11.1. The van der Waals surface area contributed by atoms with Crippen LogP contribution >= 0.6 is 0 Å². The summed E-state index contributed by atoms with van der Waals surface area (Å²) in [6, 6.07) is 29.0. The van der Waals surface area contributed by atoms with Gasteiger partial charge in [-0.2, -0.15) is 0 Å². The molecule has 2 unspecified atom stereocenters. The fraction of sp³-hybridized carbons (Fsp3) is 0.143. The van der Waals surface area contributed by atoms with E-state index in [-0.39, 0.29) is 11.4 Å². The summed E-state index contributed by atoms with van der Waals surface area (Å²) in [5, 5.41) is 23.3. The first-order chi connectivity index (χ1) is 16.8. The highest BCUT2D eigenvalue weighted by atomic mass is 16.6. The molecular weight excluding hydrogens is 444 g/mol. The van der Waals surface area contributed by atoms with Crippen molar-refractivity contribution in [3.05, 3.63) is 151 Å². The molecule has 4 aromatic rings. The van der Waals surface area contributed by atoms with Crippen molar-refractivity contribution in [3.63, 3.8) is 0 Å². The van der Waals surface area contributed by atoms with Crippen molar-refractivity contribution in [2.75, 3.05) is 0 Å². The van der Waals surface area contributed by atoms with Crippen molar-refractivity contribution in [3.8, 4) is 0 Å². The van der Waals surface area contributed by atoms with E-state index in [0.717, 1.165) is 11.1 Å². The lowest BCUT2D eigenvalue weighted by molar-refractivity contribution is -0.385. The minimum Gasteiger partial charge on any atom is -0.356 e. The normalized spacial score (nSPS) is 12.6. The van der Waals surface area contributed by atoms with Crippen LogP contribution in [0.1, 0.15) is 45.6 Å². The highest BCUT2D eigenvalue weighted by molar-refractivity contribution is 5.47. The van der Waals surface area contributed by atoms with Gasteiger partial charge in [0.1, 0.15) is 12.2 Å². The standard InChI is InChI=1S/C28H24N2O5/c1-19-13-15-23(17-25(19)29(31)32)27(21-9-5-3-6-10-21)35-28(22-11-7-4-8-12-22)24-16-14-20(2)26(18-24)30(33)34/h3-18,27-28H,1-2H3. The molecule has 0 N–H and O–H groups in total. The van der Waals surface area contributed by atoms with Crippen LogP contribution in [-0.4, -0.2) is 9.85 Å². The van der Waals surface area contributed by atoms with Crippen LogP contribution in [0.3, 0.4) is 0 Å². The Labute approximate surface area is 202 Å². The summed E-state index contributed by atoms with van der Waals surface area (Å²) in [6.45, 7) is 3.39. The molecule has 0 amide bonds. The zero-order valence-electron chi connectivity index (χ0n) is 19.3. The fourth-order valence-electron chi connectivity index (χ4n) is 4.06. The fourth-order valence-corrected chi connectivity index (χ4v) is 4.06. The van der Waals surface area contributed by atoms with E-state index in [1.165, 1.54) is 12.1 Å². The van der Waals surface area contributed by atoms with Gasteiger partial charge < -0.3 is 4.74 Å². The minimum absolute atomic E-state index is 0.00858. The van der Waals surface area contributed by atoms with Crippen LogP contribution in [0.15, 0.2) is 97.1 Å². The summed E-state index contributed by atoms with van der Waals surface area (Å²) >= 11 is 0. The second-order valence-corrected chi connectivity index (χ2v) is 8.32. The minimum atomic E-state index is -0.652. The Hall–Kier alpha value is -4.36. The number of hydrogen-bond donors (Lipinski definition) is 0. The first kappa shape index (κ1) is 23.8. The quantitative estimate of drug-likeness (QED) is 0.205. The molecule has 0 saturated carbocycles. The summed E-state index contributed by atoms with van der Waals surface area (Å²) in [7, 11) is 0. The molecule has 0 aliphatic rings. The van der Waals surface area contributed by atoms with Gasteiger partial charge in [-0.25, -0.2) is 0 Å². The molecule has 0 aromatic heterocycles. The van der Waals surface area contributed by atoms with Crippen LogP contribution in [0.2, 0.25) is 0 Å². The van der Waals surface area contributed by atoms with E-state index in [1.54, 1.807) is 26.0 Å². The molecule has 0 spiro atoms. The maximum atomic E-state index is 11.6. The third-order valence-corrected chi connectivity index (χ3v) is 5.94. The van der Waals surface area contributed by atoms with Gasteiger partial charge in [-0.15, -0.1) is 0 Å². The lowest BCUT2D eigenvalue weighted by Gasteiger charge is -2.27. The number of aryl methyl sites for hydroxylation is 2. The number of hydrogen-bond acceptors (Lipinski definition) is 5. The number of ether oxygens (including phenoxy) is 1. The molecule has 4 aromatic carbocycles. The Balaban J connectivity index is 1.86. The Morgan fingerprint density at radius 1 is 0.571 bits per heavy atom. The first-order valence-corrected chi connectivity index (χ1v) is 11.1. The Bertz CT molecular complexity index is 1250. The highest BCUT2D eigenvalue weighted by Crippen LogP contribution is 2.38. The molecule has 35 heavy (non-hydrogen) atoms. The number of nitro benzene ring substituents is 2. The van der Waals surface area contributed by atoms with Crippen molar-refractivity contribution in [2.45, 2.75) is 26.1 Å². The number of nitrogens with zero attached hydrogens (tertiary/aromatic N) is 2. The summed E-state index contributed by atoms with van der Waals surface area (Å²) in [4.78, 5) is 22.5. The van der Waals surface area contributed by atoms with Crippen LogP contribution in [0.25, 0.3) is 0 Å². The SMILES string of the molecule is Cc1ccc(C(OC(c2ccccc2)c2ccc(C)c([N+](=O)[O-])c2)c2ccccc2)cc1[N+](=O)[O-]. The lowest BCUT2D eigenvalue weighted by Crippen LogP contribution is -2.14. The third kappa shape index (κ3) is 5.26. The Morgan fingerprint density at radius 2 is 0.943 bits per heavy atom. The van der Waals surface area contributed by atoms with Crippen LogP contribution in [0, 0.1) is 34.1 Å². The monoisotopic (exact) mass is 468 g/mol. The molecule has 7 nitrogen and oxygen atoms in total. The van der Waals surface area contributed by atoms with Gasteiger partial charge in [0, 0.05) is 23.3 Å². The maximum Gasteiger partial charge on any atom is 0.272 e. The largest absolute Gasteiger partial charge is 0.356 e. The van der Waals surface area contributed by atoms with Crippen LogP contribution in [0.5, 0.6) is 0 Å². The molecule has 4 rings (SSSR count). The topological polar surface area (TPSA) is 95.5 Å². The molecule has 0 aliphatic carbocycles. The second-order valence-electron chi connectivity index (χ2n) is 8.32. The molecular formula is C28H24N2O5. The highest BCUT2D eigenvalue weighted by Gasteiger charge is 2.26. The van der Waals surface area contributed by atoms with Crippen molar-refractivity contribution in [1.29, 1.82) is 0 Å². The lowest BCUT2D eigenvalue weighted by atomic mass is 9.96. The van der Waals surface area contributed by atoms with E-state index >= 15 is 0 Å². The van der Waals surface area contributed by atoms with Gasteiger partial charge in [-0.05, 0) is 36.1 Å². The number of nitro groups is 2. The zero-order chi connectivity index (χ0) is 24.9. The Kier molecular flexibility index (Phi) is 6.98. The average molecular weight is 469 g/mol. The summed E-state index contributed by atoms with van der Waals surface area (Å²) < 4.78 is 6.70. The van der Waals surface area contributed by atoms with Crippen LogP contribution in [-0.2, 0) is 4.74 Å². The molecule has 176 valence electrons. The van der Waals surface area contributed by atoms with Gasteiger partial charge in [0.2, 0.25) is 0 Å². The molecule has 0 heterocycles. The van der Waals surface area contributed by atoms with E-state index in [1.807, 2.05) is 72.8 Å². The number of rotatable bonds is 8. The van der Waals surface area contributed by atoms with Crippen molar-refractivity contribution in [2.24, 2.45) is 0 Å². The zero-order valence-corrected chi connectivity index (χ0v) is 19.3. The van der Waals surface area contributed by atoms with Crippen molar-refractivity contribution >= 4 is 11.4 Å². The number of benzene rings is 4. The van der Waals surface area contributed by atoms with Gasteiger partial charge in [0.05, 0.1) is 9.85 Å². The van der Waals surface area contributed by atoms with E-state index < -0.39 is 22.1 Å². The van der Waals surface area contributed by atoms with Gasteiger partial charge in [-0.1, -0.05) is 84.9 Å². The van der Waals surface area contributed by atoms with Gasteiger partial charge in [-0.3, -0.25) is 20.2 Å². The molecule has 7 heteroatoms. The smallest absolute Gasteiger partial charge is 0.272 e. The molecule has 0 bridgehead atoms. The van der Waals surface area contributed by atoms with Gasteiger partial charge in [0.25, 0.3) is 11.4 Å². The summed E-state index contributed by atoms with van der Waals surface area (Å²) in [5.41, 5.74) is 4.00. The van der Waals surface area contributed by atoms with E-state index in [2.05, 4.69) is 0 Å². The van der Waals surface area contributed by atoms with Crippen molar-refractivity contribution < 1.29 is 14.6 Å². The van der Waals surface area contributed by atoms with E-state index in [9.17, 15) is 20.2 Å². The Morgan fingerprint density at radius 3 is 1.29 bits per heavy atom. The van der Waals surface area contributed by atoms with Gasteiger partial charge >= 0.3 is 0 Å². The van der Waals surface area contributed by atoms with Crippen LogP contribution < -0.4 is 0 Å². The molecule has 0 radical (unpaired) electrons. The predicted octanol–water partition coefficient (Wildman–Crippen LogP) is 7.02. The van der Waals surface area contributed by atoms with Crippen LogP contribution in [0.4, 0.5) is 11.4 Å². The molecule has 2 atom stereocenters. The third-order valence-electron chi connectivity index (χ3n) is 5.94. The molecule has 0 aliphatic heterocycles. The van der Waals surface area contributed by atoms with Crippen molar-refractivity contribution in [1.82, 2.24) is 0 Å². The predicted molar refractivity (Wildman–Crippen MR) is 133 cm³/mol. The molecule has 0 saturated heterocycles. The second kappa shape index (κ2) is 10.3. The average Bonchev–Trinajstić information content (AvgIpc) is 2.86. The summed E-state index contributed by atoms with van der Waals surface area (Å²) in [5.74, 6) is 0. The maximum absolute atomic E-state index is 11.6. The van der Waals surface area contributed by atoms with Gasteiger partial charge in [0.15, 0.2) is 0 Å². The molecule has 0 fully saturated rings. The van der Waals surface area contributed by atoms with E-state index in [0.29, 0.717) is 22.3 Å². The summed E-state index contributed by atoms with van der Waals surface area (Å²) in [6.07, 6.45) is -1.30. The van der Waals surface area contributed by atoms with E-state index in [4.69, 9.17) is 4.74 Å².